The summed E-state index contributed by atoms with van der Waals surface area (Å²) in [7, 11) is -3.04. The van der Waals surface area contributed by atoms with Crippen molar-refractivity contribution in [2.75, 3.05) is 36.5 Å². The van der Waals surface area contributed by atoms with Gasteiger partial charge in [0.25, 0.3) is 0 Å². The van der Waals surface area contributed by atoms with E-state index < -0.39 is 9.84 Å². The fraction of sp³-hybridized carbons (Fsp3) is 0.786. The Morgan fingerprint density at radius 3 is 2.57 bits per heavy atom. The van der Waals surface area contributed by atoms with Gasteiger partial charge in [-0.2, -0.15) is 4.98 Å². The molecule has 3 rings (SSSR count). The molecule has 0 aromatic carbocycles. The Kier molecular flexibility index (Phi) is 4.31. The molecule has 0 saturated carbocycles. The number of piperidine rings is 1. The molecule has 3 heterocycles. The Hall–Kier alpha value is -1.64. The Morgan fingerprint density at radius 1 is 1.30 bits per heavy atom. The minimum atomic E-state index is -3.04. The molecule has 0 N–H and O–H groups in total. The minimum Gasteiger partial charge on any atom is -0.339 e. The number of aromatic nitrogens is 2. The lowest BCUT2D eigenvalue weighted by atomic mass is 10.0. The number of likely N-dealkylation sites (tertiary alicyclic amines) is 1. The number of hydrogen-bond donors (Lipinski definition) is 0. The van der Waals surface area contributed by atoms with Gasteiger partial charge in [-0.3, -0.25) is 4.79 Å². The Bertz CT molecular complexity index is 679. The van der Waals surface area contributed by atoms with Crippen LogP contribution in [0.5, 0.6) is 0 Å². The van der Waals surface area contributed by atoms with Crippen molar-refractivity contribution in [2.24, 2.45) is 5.92 Å². The van der Waals surface area contributed by atoms with E-state index in [-0.39, 0.29) is 23.6 Å². The molecule has 0 aliphatic carbocycles. The number of rotatable bonds is 4. The number of anilines is 1. The number of carbonyl (C=O) groups is 1. The van der Waals surface area contributed by atoms with Crippen LogP contribution in [0.4, 0.5) is 6.01 Å². The van der Waals surface area contributed by atoms with E-state index in [4.69, 9.17) is 4.52 Å². The van der Waals surface area contributed by atoms with Crippen molar-refractivity contribution in [3.63, 3.8) is 0 Å². The van der Waals surface area contributed by atoms with Crippen LogP contribution in [0.2, 0.25) is 0 Å². The average molecular weight is 342 g/mol. The highest BCUT2D eigenvalue weighted by atomic mass is 32.2. The van der Waals surface area contributed by atoms with Crippen molar-refractivity contribution >= 4 is 21.8 Å². The van der Waals surface area contributed by atoms with Gasteiger partial charge in [-0.1, -0.05) is 5.16 Å². The standard InChI is InChI=1S/C14H22N4O4S/c1-10-15-14(22-16-10)17-5-3-12(4-6-17)18-8-11(7-13(18)19)9-23(2,20)21/h11-12H,3-9H2,1-2H3. The molecule has 2 aliphatic rings. The van der Waals surface area contributed by atoms with Gasteiger partial charge in [0.15, 0.2) is 5.82 Å². The van der Waals surface area contributed by atoms with E-state index in [1.54, 1.807) is 6.92 Å². The Balaban J connectivity index is 1.56. The topological polar surface area (TPSA) is 96.6 Å². The van der Waals surface area contributed by atoms with Crippen molar-refractivity contribution < 1.29 is 17.7 Å². The maximum absolute atomic E-state index is 12.2. The molecule has 23 heavy (non-hydrogen) atoms. The third-order valence-corrected chi connectivity index (χ3v) is 5.55. The highest BCUT2D eigenvalue weighted by molar-refractivity contribution is 7.90. The van der Waals surface area contributed by atoms with Crippen LogP contribution in [0.1, 0.15) is 25.1 Å². The lowest BCUT2D eigenvalue weighted by molar-refractivity contribution is -0.130. The van der Waals surface area contributed by atoms with Crippen LogP contribution in [0.25, 0.3) is 0 Å². The maximum Gasteiger partial charge on any atom is 0.324 e. The van der Waals surface area contributed by atoms with Gasteiger partial charge in [0.05, 0.1) is 5.75 Å². The first kappa shape index (κ1) is 16.2. The summed E-state index contributed by atoms with van der Waals surface area (Å²) < 4.78 is 28.0. The molecule has 1 amide bonds. The van der Waals surface area contributed by atoms with Crippen molar-refractivity contribution in [3.8, 4) is 0 Å². The minimum absolute atomic E-state index is 0.0748. The van der Waals surface area contributed by atoms with Gasteiger partial charge in [0.2, 0.25) is 5.91 Å². The van der Waals surface area contributed by atoms with Crippen LogP contribution in [0.15, 0.2) is 4.52 Å². The van der Waals surface area contributed by atoms with E-state index in [9.17, 15) is 13.2 Å². The molecule has 128 valence electrons. The molecule has 1 aromatic rings. The predicted molar refractivity (Wildman–Crippen MR) is 83.8 cm³/mol. The number of carbonyl (C=O) groups excluding carboxylic acids is 1. The van der Waals surface area contributed by atoms with Gasteiger partial charge in [-0.05, 0) is 25.7 Å². The molecule has 9 heteroatoms. The molecule has 8 nitrogen and oxygen atoms in total. The zero-order valence-corrected chi connectivity index (χ0v) is 14.3. The molecule has 2 fully saturated rings. The summed E-state index contributed by atoms with van der Waals surface area (Å²) >= 11 is 0. The molecule has 2 aliphatic heterocycles. The first-order valence-electron chi connectivity index (χ1n) is 7.84. The third kappa shape index (κ3) is 3.82. The second kappa shape index (κ2) is 6.10. The lowest BCUT2D eigenvalue weighted by Gasteiger charge is -2.36. The van der Waals surface area contributed by atoms with Gasteiger partial charge < -0.3 is 14.3 Å². The quantitative estimate of drug-likeness (QED) is 0.773. The molecule has 1 aromatic heterocycles. The van der Waals surface area contributed by atoms with E-state index in [2.05, 4.69) is 10.1 Å². The predicted octanol–water partition coefficient (Wildman–Crippen LogP) is 0.240. The van der Waals surface area contributed by atoms with Gasteiger partial charge in [0, 0.05) is 38.4 Å². The summed E-state index contributed by atoms with van der Waals surface area (Å²) in [6.07, 6.45) is 3.23. The summed E-state index contributed by atoms with van der Waals surface area (Å²) in [5.41, 5.74) is 0. The van der Waals surface area contributed by atoms with E-state index in [0.717, 1.165) is 25.9 Å². The van der Waals surface area contributed by atoms with Crippen molar-refractivity contribution in [3.05, 3.63) is 5.82 Å². The monoisotopic (exact) mass is 342 g/mol. The van der Waals surface area contributed by atoms with E-state index in [0.29, 0.717) is 24.8 Å². The first-order valence-corrected chi connectivity index (χ1v) is 9.90. The summed E-state index contributed by atoms with van der Waals surface area (Å²) in [4.78, 5) is 20.3. The molecule has 1 atom stereocenters. The van der Waals surface area contributed by atoms with Crippen LogP contribution < -0.4 is 4.90 Å². The van der Waals surface area contributed by atoms with Gasteiger partial charge in [-0.15, -0.1) is 0 Å². The van der Waals surface area contributed by atoms with Crippen LogP contribution in [-0.2, 0) is 14.6 Å². The number of nitrogens with zero attached hydrogens (tertiary/aromatic N) is 4. The largest absolute Gasteiger partial charge is 0.339 e. The SMILES string of the molecule is Cc1noc(N2CCC(N3CC(CS(C)(=O)=O)CC3=O)CC2)n1. The summed E-state index contributed by atoms with van der Waals surface area (Å²) in [6.45, 7) is 3.85. The fourth-order valence-corrected chi connectivity index (χ4v) is 4.56. The molecular formula is C14H22N4O4S. The summed E-state index contributed by atoms with van der Waals surface area (Å²) in [5.74, 6) is 0.704. The lowest BCUT2D eigenvalue weighted by Crippen LogP contribution is -2.45. The molecule has 0 spiro atoms. The van der Waals surface area contributed by atoms with Crippen molar-refractivity contribution in [1.82, 2.24) is 15.0 Å². The number of amides is 1. The van der Waals surface area contributed by atoms with E-state index in [1.165, 1.54) is 6.26 Å². The zero-order chi connectivity index (χ0) is 16.6. The second-order valence-electron chi connectivity index (χ2n) is 6.55. The Morgan fingerprint density at radius 2 is 2.00 bits per heavy atom. The summed E-state index contributed by atoms with van der Waals surface area (Å²) in [5, 5.41) is 3.80. The highest BCUT2D eigenvalue weighted by Gasteiger charge is 2.37. The van der Waals surface area contributed by atoms with Gasteiger partial charge >= 0.3 is 6.01 Å². The Labute approximate surface area is 135 Å². The van der Waals surface area contributed by atoms with E-state index >= 15 is 0 Å². The molecule has 0 radical (unpaired) electrons. The van der Waals surface area contributed by atoms with Crippen LogP contribution >= 0.6 is 0 Å². The molecule has 1 unspecified atom stereocenters. The molecule has 0 bridgehead atoms. The first-order chi connectivity index (χ1) is 10.8. The van der Waals surface area contributed by atoms with Crippen molar-refractivity contribution in [1.29, 1.82) is 0 Å². The number of hydrogen-bond acceptors (Lipinski definition) is 7. The zero-order valence-electron chi connectivity index (χ0n) is 13.4. The average Bonchev–Trinajstić information content (AvgIpc) is 3.03. The van der Waals surface area contributed by atoms with Crippen LogP contribution in [0, 0.1) is 12.8 Å². The highest BCUT2D eigenvalue weighted by Crippen LogP contribution is 2.27. The third-order valence-electron chi connectivity index (χ3n) is 4.47. The van der Waals surface area contributed by atoms with E-state index in [1.807, 2.05) is 9.80 Å². The van der Waals surface area contributed by atoms with Gasteiger partial charge in [-0.25, -0.2) is 8.42 Å². The fourth-order valence-electron chi connectivity index (χ4n) is 3.48. The maximum atomic E-state index is 12.2. The molecular weight excluding hydrogens is 320 g/mol. The summed E-state index contributed by atoms with van der Waals surface area (Å²) in [6, 6.07) is 0.705. The van der Waals surface area contributed by atoms with Crippen LogP contribution in [0.3, 0.4) is 0 Å². The second-order valence-corrected chi connectivity index (χ2v) is 8.74. The normalized spacial score (nSPS) is 23.7. The van der Waals surface area contributed by atoms with Gasteiger partial charge in [0.1, 0.15) is 9.84 Å². The smallest absolute Gasteiger partial charge is 0.324 e. The number of sulfone groups is 1. The number of aryl methyl sites for hydroxylation is 1. The van der Waals surface area contributed by atoms with Crippen LogP contribution in [-0.4, -0.2) is 67.1 Å². The van der Waals surface area contributed by atoms with Crippen molar-refractivity contribution in [2.45, 2.75) is 32.2 Å². The molecule has 2 saturated heterocycles.